The lowest BCUT2D eigenvalue weighted by Gasteiger charge is -2.33. The minimum atomic E-state index is -0.0913. The van der Waals surface area contributed by atoms with Crippen LogP contribution in [0.25, 0.3) is 0 Å². The Morgan fingerprint density at radius 2 is 2.05 bits per heavy atom. The minimum absolute atomic E-state index is 0.00120. The second-order valence-electron chi connectivity index (χ2n) is 6.07. The van der Waals surface area contributed by atoms with Crippen LogP contribution in [0.15, 0.2) is 24.3 Å². The average Bonchev–Trinajstić information content (AvgIpc) is 2.51. The summed E-state index contributed by atoms with van der Waals surface area (Å²) >= 11 is 0. The third kappa shape index (κ3) is 4.71. The van der Waals surface area contributed by atoms with Crippen molar-refractivity contribution < 1.29 is 9.90 Å². The van der Waals surface area contributed by atoms with Gasteiger partial charge in [-0.1, -0.05) is 24.3 Å². The number of likely N-dealkylation sites (N-methyl/N-ethyl adjacent to an activating group) is 1. The van der Waals surface area contributed by atoms with Crippen molar-refractivity contribution in [3.63, 3.8) is 0 Å². The predicted octanol–water partition coefficient (Wildman–Crippen LogP) is 1.59. The van der Waals surface area contributed by atoms with Crippen molar-refractivity contribution in [2.24, 2.45) is 0 Å². The number of aliphatic hydroxyl groups excluding tert-OH is 1. The van der Waals surface area contributed by atoms with Crippen molar-refractivity contribution in [3.05, 3.63) is 35.4 Å². The Bertz CT molecular complexity index is 485. The Labute approximate surface area is 132 Å². The van der Waals surface area contributed by atoms with Gasteiger partial charge < -0.3 is 15.3 Å². The lowest BCUT2D eigenvalue weighted by molar-refractivity contribution is 0.166. The molecule has 0 unspecified atom stereocenters. The summed E-state index contributed by atoms with van der Waals surface area (Å²) in [6.07, 6.45) is 1.95. The molecule has 1 aromatic rings. The maximum atomic E-state index is 11.9. The van der Waals surface area contributed by atoms with Gasteiger partial charge in [0.15, 0.2) is 0 Å². The molecule has 2 rings (SSSR count). The summed E-state index contributed by atoms with van der Waals surface area (Å²) in [6.45, 7) is 5.51. The van der Waals surface area contributed by atoms with Gasteiger partial charge in [0.2, 0.25) is 0 Å². The summed E-state index contributed by atoms with van der Waals surface area (Å²) in [6, 6.07) is 8.65. The van der Waals surface area contributed by atoms with Crippen LogP contribution >= 0.6 is 0 Å². The number of hydrogen-bond donors (Lipinski definition) is 2. The van der Waals surface area contributed by atoms with Gasteiger partial charge in [-0.2, -0.15) is 0 Å². The number of benzene rings is 1. The van der Waals surface area contributed by atoms with Crippen LogP contribution in [-0.4, -0.2) is 60.3 Å². The third-order valence-corrected chi connectivity index (χ3v) is 4.35. The van der Waals surface area contributed by atoms with Gasteiger partial charge in [0.1, 0.15) is 0 Å². The molecule has 0 aliphatic carbocycles. The zero-order valence-electron chi connectivity index (χ0n) is 13.6. The fourth-order valence-corrected chi connectivity index (χ4v) is 2.80. The summed E-state index contributed by atoms with van der Waals surface area (Å²) < 4.78 is 0. The van der Waals surface area contributed by atoms with Crippen molar-refractivity contribution >= 4 is 6.03 Å². The highest BCUT2D eigenvalue weighted by atomic mass is 16.3. The third-order valence-electron chi connectivity index (χ3n) is 4.35. The Morgan fingerprint density at radius 1 is 1.36 bits per heavy atom. The largest absolute Gasteiger partial charge is 0.395 e. The van der Waals surface area contributed by atoms with Crippen LogP contribution < -0.4 is 5.32 Å². The maximum absolute atomic E-state index is 11.9. The number of aryl methyl sites for hydroxylation is 1. The number of aliphatic hydroxyl groups is 1. The zero-order valence-corrected chi connectivity index (χ0v) is 13.6. The Morgan fingerprint density at radius 3 is 2.68 bits per heavy atom. The van der Waals surface area contributed by atoms with Crippen molar-refractivity contribution in [2.45, 2.75) is 32.4 Å². The molecule has 22 heavy (non-hydrogen) atoms. The summed E-state index contributed by atoms with van der Waals surface area (Å²) in [5.74, 6) is 0. The summed E-state index contributed by atoms with van der Waals surface area (Å²) in [7, 11) is 1.71. The Hall–Kier alpha value is -1.59. The van der Waals surface area contributed by atoms with E-state index >= 15 is 0 Å². The van der Waals surface area contributed by atoms with Gasteiger partial charge in [0, 0.05) is 39.3 Å². The summed E-state index contributed by atoms with van der Waals surface area (Å²) in [5, 5.41) is 11.9. The fraction of sp³-hybridized carbons (Fsp3) is 0.588. The maximum Gasteiger partial charge on any atom is 0.317 e. The second-order valence-corrected chi connectivity index (χ2v) is 6.07. The number of nitrogens with zero attached hydrogens (tertiary/aromatic N) is 2. The molecule has 0 bridgehead atoms. The van der Waals surface area contributed by atoms with Gasteiger partial charge in [-0.15, -0.1) is 0 Å². The number of hydrogen-bond acceptors (Lipinski definition) is 3. The number of amides is 2. The Kier molecular flexibility index (Phi) is 6.21. The van der Waals surface area contributed by atoms with E-state index in [0.717, 1.165) is 32.5 Å². The SMILES string of the molecule is Cc1ccccc1CN1CCC(NC(=O)N(C)CCO)CC1. The molecular formula is C17H27N3O2. The molecule has 0 aromatic heterocycles. The van der Waals surface area contributed by atoms with Crippen molar-refractivity contribution in [1.82, 2.24) is 15.1 Å². The van der Waals surface area contributed by atoms with E-state index in [4.69, 9.17) is 5.11 Å². The molecule has 2 N–H and O–H groups in total. The number of likely N-dealkylation sites (tertiary alicyclic amines) is 1. The Balaban J connectivity index is 1.76. The normalized spacial score (nSPS) is 16.5. The van der Waals surface area contributed by atoms with E-state index in [1.54, 1.807) is 7.05 Å². The molecule has 1 saturated heterocycles. The standard InChI is InChI=1S/C17H27N3O2/c1-14-5-3-4-6-15(14)13-20-9-7-16(8-10-20)18-17(22)19(2)11-12-21/h3-6,16,21H,7-13H2,1-2H3,(H,18,22). The van der Waals surface area contributed by atoms with E-state index in [2.05, 4.69) is 41.4 Å². The molecule has 0 atom stereocenters. The number of piperidine rings is 1. The molecule has 2 amide bonds. The fourth-order valence-electron chi connectivity index (χ4n) is 2.80. The highest BCUT2D eigenvalue weighted by molar-refractivity contribution is 5.74. The average molecular weight is 305 g/mol. The highest BCUT2D eigenvalue weighted by Crippen LogP contribution is 2.16. The summed E-state index contributed by atoms with van der Waals surface area (Å²) in [4.78, 5) is 15.9. The molecule has 1 aliphatic rings. The van der Waals surface area contributed by atoms with Crippen LogP contribution in [0.4, 0.5) is 4.79 Å². The molecule has 122 valence electrons. The molecule has 5 heteroatoms. The van der Waals surface area contributed by atoms with Gasteiger partial charge >= 0.3 is 6.03 Å². The van der Waals surface area contributed by atoms with Gasteiger partial charge in [-0.05, 0) is 30.9 Å². The zero-order chi connectivity index (χ0) is 15.9. The van der Waals surface area contributed by atoms with Crippen molar-refractivity contribution in [1.29, 1.82) is 0 Å². The second kappa shape index (κ2) is 8.15. The minimum Gasteiger partial charge on any atom is -0.395 e. The smallest absolute Gasteiger partial charge is 0.317 e. The van der Waals surface area contributed by atoms with Crippen LogP contribution in [0, 0.1) is 6.92 Å². The monoisotopic (exact) mass is 305 g/mol. The first kappa shape index (κ1) is 16.8. The molecule has 1 aliphatic heterocycles. The van der Waals surface area contributed by atoms with E-state index in [9.17, 15) is 4.79 Å². The lowest BCUT2D eigenvalue weighted by Crippen LogP contribution is -2.48. The van der Waals surface area contributed by atoms with E-state index in [1.165, 1.54) is 16.0 Å². The van der Waals surface area contributed by atoms with Gasteiger partial charge in [0.05, 0.1) is 6.61 Å². The van der Waals surface area contributed by atoms with Crippen molar-refractivity contribution in [3.8, 4) is 0 Å². The van der Waals surface area contributed by atoms with Crippen molar-refractivity contribution in [2.75, 3.05) is 33.3 Å². The van der Waals surface area contributed by atoms with Crippen LogP contribution in [0.5, 0.6) is 0 Å². The molecule has 0 radical (unpaired) electrons. The molecular weight excluding hydrogens is 278 g/mol. The molecule has 1 aromatic carbocycles. The first-order valence-corrected chi connectivity index (χ1v) is 7.99. The molecule has 1 fully saturated rings. The number of rotatable bonds is 5. The molecule has 5 nitrogen and oxygen atoms in total. The topological polar surface area (TPSA) is 55.8 Å². The lowest BCUT2D eigenvalue weighted by atomic mass is 10.0. The molecule has 0 spiro atoms. The number of nitrogens with one attached hydrogen (secondary N) is 1. The number of carbonyl (C=O) groups is 1. The van der Waals surface area contributed by atoms with Gasteiger partial charge in [-0.25, -0.2) is 4.79 Å². The van der Waals surface area contributed by atoms with Gasteiger partial charge in [-0.3, -0.25) is 4.90 Å². The van der Waals surface area contributed by atoms with E-state index in [0.29, 0.717) is 6.54 Å². The van der Waals surface area contributed by atoms with E-state index in [1.807, 2.05) is 0 Å². The molecule has 1 heterocycles. The van der Waals surface area contributed by atoms with Crippen LogP contribution in [0.1, 0.15) is 24.0 Å². The number of carbonyl (C=O) groups excluding carboxylic acids is 1. The van der Waals surface area contributed by atoms with Crippen LogP contribution in [0.2, 0.25) is 0 Å². The summed E-state index contributed by atoms with van der Waals surface area (Å²) in [5.41, 5.74) is 2.72. The quantitative estimate of drug-likeness (QED) is 0.868. The number of urea groups is 1. The molecule has 0 saturated carbocycles. The highest BCUT2D eigenvalue weighted by Gasteiger charge is 2.22. The first-order chi connectivity index (χ1) is 10.6. The van der Waals surface area contributed by atoms with E-state index < -0.39 is 0 Å². The van der Waals surface area contributed by atoms with E-state index in [-0.39, 0.29) is 18.7 Å². The predicted molar refractivity (Wildman–Crippen MR) is 87.7 cm³/mol. The first-order valence-electron chi connectivity index (χ1n) is 7.99. The van der Waals surface area contributed by atoms with Crippen LogP contribution in [0.3, 0.4) is 0 Å². The van der Waals surface area contributed by atoms with Crippen LogP contribution in [-0.2, 0) is 6.54 Å². The van der Waals surface area contributed by atoms with Gasteiger partial charge in [0.25, 0.3) is 0 Å².